The van der Waals surface area contributed by atoms with Gasteiger partial charge in [-0.2, -0.15) is 13.5 Å². The van der Waals surface area contributed by atoms with Crippen molar-refractivity contribution < 1.29 is 31.5 Å². The highest BCUT2D eigenvalue weighted by Gasteiger charge is 2.20. The molecule has 0 aliphatic carbocycles. The minimum Gasteiger partial charge on any atom is -0.490 e. The Kier molecular flexibility index (Phi) is 10.2. The number of benzene rings is 2. The van der Waals surface area contributed by atoms with Crippen molar-refractivity contribution in [1.29, 1.82) is 0 Å². The molecule has 4 rings (SSSR count). The topological polar surface area (TPSA) is 150 Å². The molecular formula is C28H33N5O7S. The summed E-state index contributed by atoms with van der Waals surface area (Å²) < 4.78 is 53.4. The van der Waals surface area contributed by atoms with Crippen LogP contribution in [0, 0.1) is 6.92 Å². The SMILES string of the molecule is CCOS(=O)(=O)c1ccc(C)cc1OCCOCCn1cc(-c2cc(-c3ccccc3OCOC)nnc2N)cn1. The van der Waals surface area contributed by atoms with E-state index in [0.29, 0.717) is 30.2 Å². The minimum absolute atomic E-state index is 0.00644. The summed E-state index contributed by atoms with van der Waals surface area (Å²) in [4.78, 5) is -0.00644. The van der Waals surface area contributed by atoms with Gasteiger partial charge in [0.1, 0.15) is 23.0 Å². The van der Waals surface area contributed by atoms with Gasteiger partial charge >= 0.3 is 10.1 Å². The molecule has 0 amide bonds. The molecule has 4 aromatic rings. The summed E-state index contributed by atoms with van der Waals surface area (Å²) in [5.74, 6) is 1.12. The Morgan fingerprint density at radius 3 is 2.59 bits per heavy atom. The number of ether oxygens (including phenoxy) is 4. The van der Waals surface area contributed by atoms with Gasteiger partial charge < -0.3 is 24.7 Å². The first kappa shape index (κ1) is 29.9. The van der Waals surface area contributed by atoms with Gasteiger partial charge in [-0.05, 0) is 49.7 Å². The molecule has 13 heteroatoms. The molecule has 0 aliphatic rings. The summed E-state index contributed by atoms with van der Waals surface area (Å²) >= 11 is 0. The number of anilines is 1. The first-order chi connectivity index (χ1) is 19.8. The Morgan fingerprint density at radius 2 is 1.78 bits per heavy atom. The zero-order valence-electron chi connectivity index (χ0n) is 23.1. The number of methoxy groups -OCH3 is 1. The van der Waals surface area contributed by atoms with Gasteiger partial charge in [0.2, 0.25) is 0 Å². The fourth-order valence-corrected chi connectivity index (χ4v) is 4.98. The third-order valence-electron chi connectivity index (χ3n) is 5.85. The molecule has 0 saturated heterocycles. The molecule has 0 bridgehead atoms. The van der Waals surface area contributed by atoms with E-state index in [-0.39, 0.29) is 43.1 Å². The van der Waals surface area contributed by atoms with Crippen LogP contribution in [0.15, 0.2) is 65.8 Å². The Morgan fingerprint density at radius 1 is 0.951 bits per heavy atom. The maximum absolute atomic E-state index is 12.4. The summed E-state index contributed by atoms with van der Waals surface area (Å²) in [7, 11) is -2.34. The lowest BCUT2D eigenvalue weighted by Crippen LogP contribution is -2.13. The van der Waals surface area contributed by atoms with Gasteiger partial charge in [0.05, 0.1) is 38.3 Å². The van der Waals surface area contributed by atoms with Gasteiger partial charge in [0.15, 0.2) is 12.6 Å². The lowest BCUT2D eigenvalue weighted by atomic mass is 10.1. The van der Waals surface area contributed by atoms with Crippen LogP contribution in [0.4, 0.5) is 5.82 Å². The molecule has 0 aliphatic heterocycles. The fourth-order valence-electron chi connectivity index (χ4n) is 3.94. The average molecular weight is 584 g/mol. The number of nitrogens with two attached hydrogens (primary N) is 1. The lowest BCUT2D eigenvalue weighted by Gasteiger charge is -2.13. The van der Waals surface area contributed by atoms with E-state index in [1.165, 1.54) is 6.07 Å². The molecule has 0 fully saturated rings. The molecule has 41 heavy (non-hydrogen) atoms. The Balaban J connectivity index is 1.33. The number of aromatic nitrogens is 4. The van der Waals surface area contributed by atoms with Gasteiger partial charge in [-0.3, -0.25) is 8.86 Å². The highest BCUT2D eigenvalue weighted by atomic mass is 32.2. The predicted octanol–water partition coefficient (Wildman–Crippen LogP) is 3.70. The second-order valence-corrected chi connectivity index (χ2v) is 10.4. The van der Waals surface area contributed by atoms with Crippen LogP contribution in [0.1, 0.15) is 12.5 Å². The van der Waals surface area contributed by atoms with Crippen LogP contribution in [0.3, 0.4) is 0 Å². The van der Waals surface area contributed by atoms with Crippen LogP contribution in [-0.4, -0.2) is 68.7 Å². The van der Waals surface area contributed by atoms with Crippen molar-refractivity contribution in [2.24, 2.45) is 0 Å². The van der Waals surface area contributed by atoms with Crippen LogP contribution in [0.2, 0.25) is 0 Å². The molecule has 2 N–H and O–H groups in total. The molecule has 0 spiro atoms. The molecule has 2 aromatic heterocycles. The monoisotopic (exact) mass is 583 g/mol. The quantitative estimate of drug-likeness (QED) is 0.124. The predicted molar refractivity (Wildman–Crippen MR) is 152 cm³/mol. The number of hydrogen-bond acceptors (Lipinski definition) is 11. The second kappa shape index (κ2) is 14.0. The van der Waals surface area contributed by atoms with Crippen LogP contribution in [-0.2, 0) is 30.3 Å². The van der Waals surface area contributed by atoms with Gasteiger partial charge in [0, 0.05) is 30.0 Å². The summed E-state index contributed by atoms with van der Waals surface area (Å²) in [5, 5.41) is 12.8. The lowest BCUT2D eigenvalue weighted by molar-refractivity contribution is 0.0515. The number of rotatable bonds is 15. The molecule has 0 unspecified atom stereocenters. The smallest absolute Gasteiger partial charge is 0.300 e. The minimum atomic E-state index is -3.90. The summed E-state index contributed by atoms with van der Waals surface area (Å²) in [6, 6.07) is 14.2. The number of para-hydroxylation sites is 1. The molecule has 2 aromatic carbocycles. The summed E-state index contributed by atoms with van der Waals surface area (Å²) in [6.45, 7) is 4.88. The molecule has 218 valence electrons. The fraction of sp³-hybridized carbons (Fsp3) is 0.321. The molecule has 0 atom stereocenters. The first-order valence-electron chi connectivity index (χ1n) is 12.9. The normalized spacial score (nSPS) is 11.5. The highest BCUT2D eigenvalue weighted by Crippen LogP contribution is 2.32. The Labute approximate surface area is 239 Å². The average Bonchev–Trinajstić information content (AvgIpc) is 3.43. The van der Waals surface area contributed by atoms with Gasteiger partial charge in [0.25, 0.3) is 0 Å². The Hall–Kier alpha value is -4.04. The van der Waals surface area contributed by atoms with Crippen molar-refractivity contribution in [3.63, 3.8) is 0 Å². The van der Waals surface area contributed by atoms with Crippen molar-refractivity contribution in [2.75, 3.05) is 46.1 Å². The van der Waals surface area contributed by atoms with Crippen molar-refractivity contribution in [2.45, 2.75) is 25.3 Å². The molecule has 2 heterocycles. The van der Waals surface area contributed by atoms with E-state index < -0.39 is 10.1 Å². The summed E-state index contributed by atoms with van der Waals surface area (Å²) in [5.41, 5.74) is 9.84. The standard InChI is InChI=1S/C28H33N5O7S/c1-4-40-41(34,35)27-10-9-20(2)15-26(27)38-14-13-37-12-11-33-18-21(17-30-33)23-16-24(31-32-28(23)29)22-7-5-6-8-25(22)39-19-36-3/h5-10,15-18H,4,11-14,19H2,1-3H3,(H2,29,32). The molecular weight excluding hydrogens is 550 g/mol. The Bertz CT molecular complexity index is 1560. The van der Waals surface area contributed by atoms with Crippen molar-refractivity contribution in [3.05, 3.63) is 66.5 Å². The van der Waals surface area contributed by atoms with Gasteiger partial charge in [-0.15, -0.1) is 10.2 Å². The van der Waals surface area contributed by atoms with Crippen LogP contribution in [0.25, 0.3) is 22.4 Å². The van der Waals surface area contributed by atoms with E-state index >= 15 is 0 Å². The number of nitrogens with zero attached hydrogens (tertiary/aromatic N) is 4. The highest BCUT2D eigenvalue weighted by molar-refractivity contribution is 7.86. The summed E-state index contributed by atoms with van der Waals surface area (Å²) in [6.07, 6.45) is 3.55. The third kappa shape index (κ3) is 7.79. The number of nitrogen functional groups attached to an aromatic ring is 1. The van der Waals surface area contributed by atoms with Crippen LogP contribution in [0.5, 0.6) is 11.5 Å². The van der Waals surface area contributed by atoms with Crippen molar-refractivity contribution >= 4 is 15.9 Å². The largest absolute Gasteiger partial charge is 0.490 e. The van der Waals surface area contributed by atoms with Crippen molar-refractivity contribution in [3.8, 4) is 33.9 Å². The maximum atomic E-state index is 12.4. The molecule has 0 radical (unpaired) electrons. The third-order valence-corrected chi connectivity index (χ3v) is 7.28. The van der Waals surface area contributed by atoms with E-state index in [9.17, 15) is 8.42 Å². The van der Waals surface area contributed by atoms with Crippen LogP contribution >= 0.6 is 0 Å². The van der Waals surface area contributed by atoms with E-state index in [4.69, 9.17) is 28.9 Å². The van der Waals surface area contributed by atoms with E-state index in [1.54, 1.807) is 37.0 Å². The molecule has 0 saturated carbocycles. The maximum Gasteiger partial charge on any atom is 0.300 e. The second-order valence-electron chi connectivity index (χ2n) is 8.84. The first-order valence-corrected chi connectivity index (χ1v) is 14.3. The van der Waals surface area contributed by atoms with Crippen LogP contribution < -0.4 is 15.2 Å². The number of aryl methyl sites for hydroxylation is 1. The number of hydrogen-bond donors (Lipinski definition) is 1. The zero-order valence-corrected chi connectivity index (χ0v) is 24.0. The van der Waals surface area contributed by atoms with E-state index in [2.05, 4.69) is 15.3 Å². The van der Waals surface area contributed by atoms with Crippen molar-refractivity contribution in [1.82, 2.24) is 20.0 Å². The molecule has 12 nitrogen and oxygen atoms in total. The van der Waals surface area contributed by atoms with E-state index in [1.807, 2.05) is 43.5 Å². The zero-order chi connectivity index (χ0) is 29.2. The van der Waals surface area contributed by atoms with Gasteiger partial charge in [-0.25, -0.2) is 0 Å². The van der Waals surface area contributed by atoms with Gasteiger partial charge in [-0.1, -0.05) is 18.2 Å². The van der Waals surface area contributed by atoms with E-state index in [0.717, 1.165) is 16.7 Å².